The molecular weight excluding hydrogens is 200 g/mol. The van der Waals surface area contributed by atoms with Crippen molar-refractivity contribution in [1.29, 1.82) is 0 Å². The van der Waals surface area contributed by atoms with Crippen LogP contribution in [0.5, 0.6) is 0 Å². The van der Waals surface area contributed by atoms with Crippen molar-refractivity contribution in [3.63, 3.8) is 0 Å². The first-order valence-corrected chi connectivity index (χ1v) is 4.22. The van der Waals surface area contributed by atoms with Crippen molar-refractivity contribution < 1.29 is 64.6 Å². The van der Waals surface area contributed by atoms with Crippen molar-refractivity contribution >= 4 is 13.6 Å². The van der Waals surface area contributed by atoms with E-state index < -0.39 is 26.4 Å². The van der Waals surface area contributed by atoms with Gasteiger partial charge in [0, 0.05) is 0 Å². The molecule has 0 aliphatic heterocycles. The SMILES string of the molecule is O.O=C([O-])C[NH2+]CP(=O)([O-])O.[Na+]. The molecule has 0 heterocycles. The van der Waals surface area contributed by atoms with Crippen LogP contribution in [0.25, 0.3) is 0 Å². The predicted molar refractivity (Wildman–Crippen MR) is 30.1 cm³/mol. The number of carbonyl (C=O) groups is 1. The molecule has 5 N–H and O–H groups in total. The van der Waals surface area contributed by atoms with Gasteiger partial charge in [-0.2, -0.15) is 0 Å². The van der Waals surface area contributed by atoms with Gasteiger partial charge in [0.15, 0.2) is 7.60 Å². The van der Waals surface area contributed by atoms with E-state index in [1.807, 2.05) is 0 Å². The largest absolute Gasteiger partial charge is 1.00 e. The number of aliphatic carboxylic acids is 1. The van der Waals surface area contributed by atoms with E-state index in [9.17, 15) is 19.4 Å². The summed E-state index contributed by atoms with van der Waals surface area (Å²) in [6, 6.07) is 0. The molecule has 1 atom stereocenters. The maximum atomic E-state index is 9.95. The Morgan fingerprint density at radius 1 is 1.58 bits per heavy atom. The quantitative estimate of drug-likeness (QED) is 0.348. The fraction of sp³-hybridized carbons (Fsp3) is 0.667. The Morgan fingerprint density at radius 2 is 2.00 bits per heavy atom. The van der Waals surface area contributed by atoms with E-state index in [1.165, 1.54) is 0 Å². The van der Waals surface area contributed by atoms with Gasteiger partial charge in [-0.05, 0) is 0 Å². The first kappa shape index (κ1) is 18.3. The summed E-state index contributed by atoms with van der Waals surface area (Å²) < 4.78 is 9.95. The van der Waals surface area contributed by atoms with Crippen molar-refractivity contribution in [2.75, 3.05) is 12.8 Å². The normalized spacial score (nSPS) is 13.5. The number of carbonyl (C=O) groups excluding carboxylic acids is 1. The van der Waals surface area contributed by atoms with E-state index >= 15 is 0 Å². The Bertz CT molecular complexity index is 168. The fourth-order valence-electron chi connectivity index (χ4n) is 0.346. The molecule has 0 aliphatic carbocycles. The average molecular weight is 209 g/mol. The molecule has 9 heteroatoms. The molecule has 0 radical (unpaired) electrons. The van der Waals surface area contributed by atoms with E-state index in [1.54, 1.807) is 0 Å². The third kappa shape index (κ3) is 16.9. The van der Waals surface area contributed by atoms with Gasteiger partial charge in [-0.25, -0.2) is 0 Å². The zero-order valence-electron chi connectivity index (χ0n) is 6.52. The third-order valence-corrected chi connectivity index (χ3v) is 1.39. The van der Waals surface area contributed by atoms with Crippen molar-refractivity contribution in [3.05, 3.63) is 0 Å². The molecule has 0 rings (SSSR count). The van der Waals surface area contributed by atoms with E-state index in [0.29, 0.717) is 0 Å². The first-order chi connectivity index (χ1) is 4.42. The van der Waals surface area contributed by atoms with Crippen LogP contribution in [0.4, 0.5) is 0 Å². The second-order valence-electron chi connectivity index (χ2n) is 1.68. The molecule has 0 spiro atoms. The average Bonchev–Trinajstić information content (AvgIpc) is 1.59. The van der Waals surface area contributed by atoms with Crippen LogP contribution in [-0.2, 0) is 9.36 Å². The Balaban J connectivity index is -0.000000405. The monoisotopic (exact) mass is 209 g/mol. The van der Waals surface area contributed by atoms with Gasteiger partial charge in [0.25, 0.3) is 0 Å². The van der Waals surface area contributed by atoms with E-state index in [2.05, 4.69) is 0 Å². The second kappa shape index (κ2) is 8.15. The van der Waals surface area contributed by atoms with Crippen LogP contribution in [0.2, 0.25) is 0 Å². The van der Waals surface area contributed by atoms with Gasteiger partial charge in [-0.15, -0.1) is 0 Å². The summed E-state index contributed by atoms with van der Waals surface area (Å²) in [4.78, 5) is 27.7. The molecule has 0 aliphatic rings. The molecule has 1 unspecified atom stereocenters. The van der Waals surface area contributed by atoms with Crippen LogP contribution in [0, 0.1) is 0 Å². The van der Waals surface area contributed by atoms with Crippen molar-refractivity contribution in [1.82, 2.24) is 0 Å². The molecule has 0 saturated heterocycles. The first-order valence-electron chi connectivity index (χ1n) is 2.46. The van der Waals surface area contributed by atoms with E-state index in [-0.39, 0.29) is 35.0 Å². The summed E-state index contributed by atoms with van der Waals surface area (Å²) in [7, 11) is -4.32. The van der Waals surface area contributed by atoms with Gasteiger partial charge < -0.3 is 35.0 Å². The van der Waals surface area contributed by atoms with Gasteiger partial charge in [-0.1, -0.05) is 0 Å². The molecule has 0 amide bonds. The summed E-state index contributed by atoms with van der Waals surface area (Å²) in [6.45, 7) is -0.465. The third-order valence-electron chi connectivity index (χ3n) is 0.671. The maximum Gasteiger partial charge on any atom is 1.00 e. The smallest absolute Gasteiger partial charge is 0.775 e. The molecule has 7 nitrogen and oxygen atoms in total. The van der Waals surface area contributed by atoms with Gasteiger partial charge >= 0.3 is 29.6 Å². The molecule has 0 aromatic carbocycles. The van der Waals surface area contributed by atoms with Crippen molar-refractivity contribution in [3.8, 4) is 0 Å². The van der Waals surface area contributed by atoms with Crippen molar-refractivity contribution in [2.45, 2.75) is 0 Å². The van der Waals surface area contributed by atoms with Crippen LogP contribution in [-0.4, -0.2) is 29.2 Å². The summed E-state index contributed by atoms with van der Waals surface area (Å²) in [5.41, 5.74) is 0. The number of carboxylic acid groups (broad SMARTS) is 1. The number of nitrogens with two attached hydrogens (primary N) is 1. The van der Waals surface area contributed by atoms with Gasteiger partial charge in [0.2, 0.25) is 0 Å². The van der Waals surface area contributed by atoms with Crippen LogP contribution in [0.15, 0.2) is 0 Å². The Labute approximate surface area is 90.9 Å². The zero-order chi connectivity index (χ0) is 8.20. The van der Waals surface area contributed by atoms with Crippen LogP contribution in [0.3, 0.4) is 0 Å². The predicted octanol–water partition coefficient (Wildman–Crippen LogP) is -8.02. The van der Waals surface area contributed by atoms with Gasteiger partial charge in [0.05, 0.1) is 5.97 Å². The minimum Gasteiger partial charge on any atom is -0.775 e. The number of carboxylic acids is 1. The molecule has 0 aromatic heterocycles. The minimum absolute atomic E-state index is 0. The summed E-state index contributed by atoms with van der Waals surface area (Å²) in [6.07, 6.45) is -0.624. The fourth-order valence-corrected chi connectivity index (χ4v) is 0.801. The van der Waals surface area contributed by atoms with E-state index in [4.69, 9.17) is 4.89 Å². The van der Waals surface area contributed by atoms with Crippen LogP contribution < -0.4 is 44.9 Å². The maximum absolute atomic E-state index is 9.95. The van der Waals surface area contributed by atoms with Crippen molar-refractivity contribution in [2.24, 2.45) is 0 Å². The molecule has 0 aromatic rings. The Morgan fingerprint density at radius 3 is 2.25 bits per heavy atom. The number of hydrogen-bond donors (Lipinski definition) is 2. The molecular formula is C3H9NNaO6P. The molecule has 0 fully saturated rings. The number of quaternary nitrogens is 1. The standard InChI is InChI=1S/C3H8NO5P.Na.H2O/c5-3(6)1-4-2-10(7,8)9;;/h4H,1-2H2,(H,5,6)(H2,7,8,9);;1H2/q;+1;/p-1. The second-order valence-corrected chi connectivity index (χ2v) is 3.32. The molecule has 12 heavy (non-hydrogen) atoms. The van der Waals surface area contributed by atoms with Gasteiger partial charge in [0.1, 0.15) is 12.8 Å². The molecule has 68 valence electrons. The van der Waals surface area contributed by atoms with Crippen LogP contribution in [0.1, 0.15) is 0 Å². The molecule has 0 saturated carbocycles. The van der Waals surface area contributed by atoms with Gasteiger partial charge in [-0.3, -0.25) is 0 Å². The summed E-state index contributed by atoms with van der Waals surface area (Å²) in [5, 5.41) is 10.6. The zero-order valence-corrected chi connectivity index (χ0v) is 9.41. The molecule has 0 bridgehead atoms. The number of rotatable bonds is 4. The summed E-state index contributed by atoms with van der Waals surface area (Å²) >= 11 is 0. The Hall–Kier alpha value is 0.540. The van der Waals surface area contributed by atoms with E-state index in [0.717, 1.165) is 5.32 Å². The van der Waals surface area contributed by atoms with Crippen LogP contribution >= 0.6 is 7.60 Å². The summed E-state index contributed by atoms with van der Waals surface area (Å²) in [5.74, 6) is -1.37. The number of hydrogen-bond acceptors (Lipinski definition) is 4. The topological polar surface area (TPSA) is 149 Å². The Kier molecular flexibility index (Phi) is 12.5. The minimum atomic E-state index is -4.32.